The summed E-state index contributed by atoms with van der Waals surface area (Å²) in [4.78, 5) is 30.4. The monoisotopic (exact) mass is 612 g/mol. The number of benzene rings is 3. The number of carbonyl (C=O) groups is 2. The Hall–Kier alpha value is -4.78. The molecule has 0 spiro atoms. The molecule has 2 amide bonds. The highest BCUT2D eigenvalue weighted by Gasteiger charge is 2.30. The molecule has 1 aliphatic rings. The average Bonchev–Trinajstić information content (AvgIpc) is 3.35. The van der Waals surface area contributed by atoms with Crippen molar-refractivity contribution >= 4 is 47.8 Å². The van der Waals surface area contributed by atoms with Gasteiger partial charge in [-0.25, -0.2) is 0 Å². The van der Waals surface area contributed by atoms with Crippen molar-refractivity contribution in [3.63, 3.8) is 0 Å². The van der Waals surface area contributed by atoms with Crippen LogP contribution in [0.2, 0.25) is 5.02 Å². The third-order valence-corrected chi connectivity index (χ3v) is 7.29. The van der Waals surface area contributed by atoms with Gasteiger partial charge in [0.1, 0.15) is 17.6 Å². The summed E-state index contributed by atoms with van der Waals surface area (Å²) in [5.41, 5.74) is 4.19. The van der Waals surface area contributed by atoms with E-state index in [4.69, 9.17) is 21.3 Å². The second-order valence-electron chi connectivity index (χ2n) is 10.0. The predicted octanol–water partition coefficient (Wildman–Crippen LogP) is 2.15. The maximum absolute atomic E-state index is 13.1. The first-order valence-electron chi connectivity index (χ1n) is 13.9. The van der Waals surface area contributed by atoms with Crippen molar-refractivity contribution in [2.45, 2.75) is 19.4 Å². The first-order chi connectivity index (χ1) is 21.2. The molecule has 13 heteroatoms. The molecular weight excluding hydrogens is 583 g/mol. The molecule has 4 N–H and O–H groups in total. The maximum Gasteiger partial charge on any atom is 0.488 e. The van der Waals surface area contributed by atoms with E-state index in [0.29, 0.717) is 33.6 Å². The summed E-state index contributed by atoms with van der Waals surface area (Å²) in [6, 6.07) is 18.9. The largest absolute Gasteiger partial charge is 0.497 e. The molecule has 5 rings (SSSR count). The molecular formula is C31H30BClN6O5. The van der Waals surface area contributed by atoms with Crippen molar-refractivity contribution < 1.29 is 24.4 Å². The van der Waals surface area contributed by atoms with Gasteiger partial charge in [-0.3, -0.25) is 19.1 Å². The van der Waals surface area contributed by atoms with Crippen molar-refractivity contribution in [1.82, 2.24) is 25.4 Å². The molecule has 1 aromatic heterocycles. The van der Waals surface area contributed by atoms with Crippen LogP contribution in [0.3, 0.4) is 0 Å². The zero-order valence-electron chi connectivity index (χ0n) is 24.1. The number of hydrogen-bond acceptors (Lipinski definition) is 8. The van der Waals surface area contributed by atoms with Crippen molar-refractivity contribution in [1.29, 1.82) is 0 Å². The van der Waals surface area contributed by atoms with E-state index in [0.717, 1.165) is 22.4 Å². The highest BCUT2D eigenvalue weighted by molar-refractivity contribution is 6.58. The summed E-state index contributed by atoms with van der Waals surface area (Å²) >= 11 is 6.16. The van der Waals surface area contributed by atoms with E-state index in [1.54, 1.807) is 49.6 Å². The molecule has 3 aromatic carbocycles. The van der Waals surface area contributed by atoms with Crippen LogP contribution in [-0.4, -0.2) is 69.7 Å². The number of hydrogen-bond donors (Lipinski definition) is 4. The number of methoxy groups -OCH3 is 1. The number of carbonyl (C=O) groups excluding carboxylic acids is 2. The number of nitrogens with zero attached hydrogens (tertiary/aromatic N) is 4. The van der Waals surface area contributed by atoms with E-state index in [1.165, 1.54) is 6.08 Å². The lowest BCUT2D eigenvalue weighted by molar-refractivity contribution is -0.122. The summed E-state index contributed by atoms with van der Waals surface area (Å²) in [5, 5.41) is 33.2. The highest BCUT2D eigenvalue weighted by atomic mass is 35.5. The van der Waals surface area contributed by atoms with Gasteiger partial charge in [0.05, 0.1) is 24.9 Å². The van der Waals surface area contributed by atoms with Crippen LogP contribution < -0.4 is 20.8 Å². The molecule has 11 nitrogen and oxygen atoms in total. The Bertz CT molecular complexity index is 1720. The Kier molecular flexibility index (Phi) is 9.54. The second-order valence-corrected chi connectivity index (χ2v) is 10.5. The van der Waals surface area contributed by atoms with E-state index in [-0.39, 0.29) is 31.3 Å². The lowest BCUT2D eigenvalue weighted by Crippen LogP contribution is -2.34. The number of halogens is 1. The minimum absolute atomic E-state index is 0.00667. The topological polar surface area (TPSA) is 151 Å². The van der Waals surface area contributed by atoms with Gasteiger partial charge in [0.15, 0.2) is 5.82 Å². The number of ether oxygens (including phenoxy) is 1. The summed E-state index contributed by atoms with van der Waals surface area (Å²) < 4.78 is 7.41. The van der Waals surface area contributed by atoms with Crippen molar-refractivity contribution in [2.24, 2.45) is 4.99 Å². The van der Waals surface area contributed by atoms with Crippen molar-refractivity contribution in [2.75, 3.05) is 20.2 Å². The van der Waals surface area contributed by atoms with Gasteiger partial charge < -0.3 is 25.4 Å². The SMILES string of the molecule is COc1ccc2c(c1)C(c1ccc(Cl)cc1)=N[C@@H](CC(=O)NCCNC(=O)/C=C/c1ccc(B(O)O)cc1)c1nnc(C)n1-2. The van der Waals surface area contributed by atoms with Gasteiger partial charge in [0, 0.05) is 35.3 Å². The fraction of sp³-hybridized carbons (Fsp3) is 0.194. The van der Waals surface area contributed by atoms with Gasteiger partial charge in [0.2, 0.25) is 11.8 Å². The number of aryl methyl sites for hydroxylation is 1. The third-order valence-electron chi connectivity index (χ3n) is 7.04. The first kappa shape index (κ1) is 30.7. The number of fused-ring (bicyclic) bond motifs is 3. The summed E-state index contributed by atoms with van der Waals surface area (Å²) in [7, 11) is 0.0534. The van der Waals surface area contributed by atoms with Gasteiger partial charge in [0.25, 0.3) is 0 Å². The van der Waals surface area contributed by atoms with E-state index >= 15 is 0 Å². The Morgan fingerprint density at radius 1 is 1.02 bits per heavy atom. The van der Waals surface area contributed by atoms with Gasteiger partial charge in [-0.2, -0.15) is 0 Å². The lowest BCUT2D eigenvalue weighted by Gasteiger charge is -2.14. The lowest BCUT2D eigenvalue weighted by atomic mass is 9.80. The Morgan fingerprint density at radius 3 is 2.45 bits per heavy atom. The maximum atomic E-state index is 13.1. The minimum Gasteiger partial charge on any atom is -0.497 e. The number of aromatic nitrogens is 3. The van der Waals surface area contributed by atoms with Gasteiger partial charge in [-0.1, -0.05) is 48.0 Å². The molecule has 1 atom stereocenters. The van der Waals surface area contributed by atoms with Crippen LogP contribution in [0.1, 0.15) is 40.8 Å². The molecule has 0 aliphatic carbocycles. The predicted molar refractivity (Wildman–Crippen MR) is 168 cm³/mol. The highest BCUT2D eigenvalue weighted by Crippen LogP contribution is 2.34. The molecule has 0 saturated heterocycles. The van der Waals surface area contributed by atoms with Gasteiger partial charge in [-0.15, -0.1) is 10.2 Å². The number of nitrogens with one attached hydrogen (secondary N) is 2. The molecule has 0 radical (unpaired) electrons. The second kappa shape index (κ2) is 13.7. The normalized spacial score (nSPS) is 13.8. The zero-order chi connectivity index (χ0) is 31.2. The molecule has 0 bridgehead atoms. The van der Waals surface area contributed by atoms with E-state index in [2.05, 4.69) is 20.8 Å². The van der Waals surface area contributed by atoms with Crippen LogP contribution in [0.25, 0.3) is 11.8 Å². The fourth-order valence-corrected chi connectivity index (χ4v) is 4.95. The molecule has 44 heavy (non-hydrogen) atoms. The molecule has 0 fully saturated rings. The van der Waals surface area contributed by atoms with E-state index in [9.17, 15) is 19.6 Å². The third kappa shape index (κ3) is 7.05. The van der Waals surface area contributed by atoms with Crippen LogP contribution in [-0.2, 0) is 9.59 Å². The van der Waals surface area contributed by atoms with Crippen molar-refractivity contribution in [3.8, 4) is 11.4 Å². The molecule has 2 heterocycles. The Balaban J connectivity index is 1.27. The van der Waals surface area contributed by atoms with Crippen LogP contribution in [0, 0.1) is 6.92 Å². The molecule has 4 aromatic rings. The quantitative estimate of drug-likeness (QED) is 0.122. The number of rotatable bonds is 10. The van der Waals surface area contributed by atoms with Gasteiger partial charge >= 0.3 is 7.12 Å². The van der Waals surface area contributed by atoms with Crippen LogP contribution in [0.5, 0.6) is 5.75 Å². The Labute approximate surface area is 259 Å². The van der Waals surface area contributed by atoms with E-state index in [1.807, 2.05) is 41.8 Å². The number of amides is 2. The van der Waals surface area contributed by atoms with Crippen molar-refractivity contribution in [3.05, 3.63) is 106 Å². The minimum atomic E-state index is -1.55. The standard InChI is InChI=1S/C31H30BClN6O5/c1-19-37-38-31-26(18-29(41)35-16-15-34-28(40)14-5-20-3-8-22(9-4-20)32(42)43)36-30(21-6-10-23(33)11-7-21)25-17-24(44-2)12-13-27(25)39(19)31/h3-14,17,26,42-43H,15-16,18H2,1-2H3,(H,34,40)(H,35,41)/b14-5+/t26-/m0/s1. The summed E-state index contributed by atoms with van der Waals surface area (Å²) in [6.45, 7) is 2.28. The van der Waals surface area contributed by atoms with Gasteiger partial charge in [-0.05, 0) is 54.4 Å². The fourth-order valence-electron chi connectivity index (χ4n) is 4.82. The molecule has 1 aliphatic heterocycles. The summed E-state index contributed by atoms with van der Waals surface area (Å²) in [5.74, 6) is 1.25. The smallest absolute Gasteiger partial charge is 0.488 e. The number of aliphatic imine (C=N–C) groups is 1. The zero-order valence-corrected chi connectivity index (χ0v) is 24.8. The van der Waals surface area contributed by atoms with Crippen LogP contribution in [0.15, 0.2) is 77.8 Å². The van der Waals surface area contributed by atoms with Crippen LogP contribution >= 0.6 is 11.6 Å². The first-order valence-corrected chi connectivity index (χ1v) is 14.2. The molecule has 0 unspecified atom stereocenters. The Morgan fingerprint density at radius 2 is 1.75 bits per heavy atom. The summed E-state index contributed by atoms with van der Waals surface area (Å²) in [6.07, 6.45) is 2.98. The average molecular weight is 613 g/mol. The molecule has 0 saturated carbocycles. The van der Waals surface area contributed by atoms with E-state index < -0.39 is 13.2 Å². The van der Waals surface area contributed by atoms with Crippen LogP contribution in [0.4, 0.5) is 0 Å². The molecule has 224 valence electrons.